The number of nitrogens with one attached hydrogen (secondary N) is 1. The van der Waals surface area contributed by atoms with E-state index >= 15 is 0 Å². The Bertz CT molecular complexity index is 1010. The maximum atomic E-state index is 12.3. The van der Waals surface area contributed by atoms with Crippen molar-refractivity contribution in [2.75, 3.05) is 6.54 Å². The minimum absolute atomic E-state index is 0.00439. The highest BCUT2D eigenvalue weighted by atomic mass is 35.5. The lowest BCUT2D eigenvalue weighted by atomic mass is 9.96. The van der Waals surface area contributed by atoms with Crippen molar-refractivity contribution >= 4 is 27.4 Å². The van der Waals surface area contributed by atoms with Crippen LogP contribution in [-0.4, -0.2) is 25.9 Å². The third-order valence-corrected chi connectivity index (χ3v) is 6.65. The lowest BCUT2D eigenvalue weighted by molar-refractivity contribution is -0.115. The molecule has 1 unspecified atom stereocenters. The molecule has 2 N–H and O–H groups in total. The van der Waals surface area contributed by atoms with E-state index in [-0.39, 0.29) is 28.9 Å². The average Bonchev–Trinajstić information content (AvgIpc) is 2.89. The second-order valence-electron chi connectivity index (χ2n) is 6.96. The standard InChI is InChI=1S/C21H22ClNO4S/c1-14-20(24)13-17(21(14)25)12-16-4-2-3-15(11-16)9-10-23-28(26,27)19-7-5-18(22)6-8-19/h2-8,11,17,23,25H,9-10,12-13H2,1H3. The summed E-state index contributed by atoms with van der Waals surface area (Å²) < 4.78 is 27.2. The van der Waals surface area contributed by atoms with E-state index < -0.39 is 10.0 Å². The van der Waals surface area contributed by atoms with Crippen LogP contribution in [0.5, 0.6) is 0 Å². The number of ketones is 1. The zero-order valence-electron chi connectivity index (χ0n) is 15.5. The fourth-order valence-corrected chi connectivity index (χ4v) is 4.47. The highest BCUT2D eigenvalue weighted by Crippen LogP contribution is 2.30. The fraction of sp³-hybridized carbons (Fsp3) is 0.286. The Balaban J connectivity index is 1.59. The van der Waals surface area contributed by atoms with Crippen LogP contribution >= 0.6 is 11.6 Å². The minimum Gasteiger partial charge on any atom is -0.512 e. The van der Waals surface area contributed by atoms with E-state index in [1.54, 1.807) is 19.1 Å². The van der Waals surface area contributed by atoms with Crippen LogP contribution in [0.3, 0.4) is 0 Å². The van der Waals surface area contributed by atoms with Crippen LogP contribution in [0.4, 0.5) is 0 Å². The first-order chi connectivity index (χ1) is 13.3. The molecule has 2 aromatic rings. The summed E-state index contributed by atoms with van der Waals surface area (Å²) in [5.41, 5.74) is 2.45. The summed E-state index contributed by atoms with van der Waals surface area (Å²) in [7, 11) is -3.58. The number of benzene rings is 2. The van der Waals surface area contributed by atoms with Crippen LogP contribution in [0, 0.1) is 5.92 Å². The van der Waals surface area contributed by atoms with E-state index in [2.05, 4.69) is 4.72 Å². The van der Waals surface area contributed by atoms with Crippen molar-refractivity contribution in [1.29, 1.82) is 0 Å². The molecule has 0 bridgehead atoms. The summed E-state index contributed by atoms with van der Waals surface area (Å²) in [5, 5.41) is 10.6. The molecule has 5 nitrogen and oxygen atoms in total. The second-order valence-corrected chi connectivity index (χ2v) is 9.16. The van der Waals surface area contributed by atoms with Gasteiger partial charge in [-0.15, -0.1) is 0 Å². The lowest BCUT2D eigenvalue weighted by Gasteiger charge is -2.11. The molecular formula is C21H22ClNO4S. The first-order valence-electron chi connectivity index (χ1n) is 9.02. The fourth-order valence-electron chi connectivity index (χ4n) is 3.31. The molecule has 1 atom stereocenters. The molecule has 0 heterocycles. The molecule has 0 amide bonds. The Labute approximate surface area is 170 Å². The smallest absolute Gasteiger partial charge is 0.240 e. The summed E-state index contributed by atoms with van der Waals surface area (Å²) in [6.45, 7) is 1.92. The molecule has 0 spiro atoms. The molecule has 28 heavy (non-hydrogen) atoms. The molecule has 0 radical (unpaired) electrons. The summed E-state index contributed by atoms with van der Waals surface area (Å²) in [4.78, 5) is 11.9. The van der Waals surface area contributed by atoms with Crippen LogP contribution < -0.4 is 4.72 Å². The predicted molar refractivity (Wildman–Crippen MR) is 109 cm³/mol. The van der Waals surface area contributed by atoms with Crippen molar-refractivity contribution in [3.8, 4) is 0 Å². The predicted octanol–water partition coefficient (Wildman–Crippen LogP) is 3.82. The third-order valence-electron chi connectivity index (χ3n) is 4.92. The van der Waals surface area contributed by atoms with Gasteiger partial charge in [0.15, 0.2) is 5.78 Å². The molecule has 1 aliphatic carbocycles. The van der Waals surface area contributed by atoms with Crippen molar-refractivity contribution in [3.05, 3.63) is 76.0 Å². The number of sulfonamides is 1. The number of hydrogen-bond acceptors (Lipinski definition) is 4. The molecule has 3 rings (SSSR count). The first kappa shape index (κ1) is 20.6. The molecule has 0 saturated carbocycles. The van der Waals surface area contributed by atoms with Gasteiger partial charge in [-0.2, -0.15) is 0 Å². The number of carbonyl (C=O) groups is 1. The lowest BCUT2D eigenvalue weighted by Crippen LogP contribution is -2.26. The van der Waals surface area contributed by atoms with Gasteiger partial charge in [-0.1, -0.05) is 35.9 Å². The Morgan fingerprint density at radius 2 is 1.82 bits per heavy atom. The number of rotatable bonds is 7. The molecule has 1 aliphatic rings. The third kappa shape index (κ3) is 4.82. The van der Waals surface area contributed by atoms with Crippen LogP contribution in [0.2, 0.25) is 5.02 Å². The maximum Gasteiger partial charge on any atom is 0.240 e. The quantitative estimate of drug-likeness (QED) is 0.714. The van der Waals surface area contributed by atoms with Crippen molar-refractivity contribution < 1.29 is 18.3 Å². The Morgan fingerprint density at radius 1 is 1.14 bits per heavy atom. The van der Waals surface area contributed by atoms with Gasteiger partial charge in [-0.05, 0) is 55.2 Å². The topological polar surface area (TPSA) is 83.5 Å². The Hall–Kier alpha value is -2.15. The van der Waals surface area contributed by atoms with Crippen molar-refractivity contribution in [1.82, 2.24) is 4.72 Å². The number of Topliss-reactive ketones (excluding diaryl/α,β-unsaturated/α-hetero) is 1. The molecule has 0 aliphatic heterocycles. The normalized spacial score (nSPS) is 17.4. The van der Waals surface area contributed by atoms with Gasteiger partial charge < -0.3 is 5.11 Å². The molecule has 0 fully saturated rings. The Morgan fingerprint density at radius 3 is 2.46 bits per heavy atom. The van der Waals surface area contributed by atoms with Crippen LogP contribution in [0.1, 0.15) is 24.5 Å². The van der Waals surface area contributed by atoms with Gasteiger partial charge in [-0.25, -0.2) is 13.1 Å². The highest BCUT2D eigenvalue weighted by Gasteiger charge is 2.29. The molecule has 2 aromatic carbocycles. The summed E-state index contributed by atoms with van der Waals surface area (Å²) >= 11 is 5.79. The first-order valence-corrected chi connectivity index (χ1v) is 10.9. The van der Waals surface area contributed by atoms with Crippen LogP contribution in [0.25, 0.3) is 0 Å². The maximum absolute atomic E-state index is 12.3. The van der Waals surface area contributed by atoms with Gasteiger partial charge >= 0.3 is 0 Å². The van der Waals surface area contributed by atoms with Crippen molar-refractivity contribution in [2.24, 2.45) is 5.92 Å². The largest absolute Gasteiger partial charge is 0.512 e. The van der Waals surface area contributed by atoms with Gasteiger partial charge in [0.2, 0.25) is 10.0 Å². The zero-order valence-corrected chi connectivity index (χ0v) is 17.1. The summed E-state index contributed by atoms with van der Waals surface area (Å²) in [5.74, 6) is 0.00699. The van der Waals surface area contributed by atoms with Gasteiger partial charge in [0, 0.05) is 29.5 Å². The second kappa shape index (κ2) is 8.47. The minimum atomic E-state index is -3.58. The number of carbonyl (C=O) groups excluding carboxylic acids is 1. The van der Waals surface area contributed by atoms with Gasteiger partial charge in [0.05, 0.1) is 4.90 Å². The highest BCUT2D eigenvalue weighted by molar-refractivity contribution is 7.89. The van der Waals surface area contributed by atoms with Crippen molar-refractivity contribution in [3.63, 3.8) is 0 Å². The van der Waals surface area contributed by atoms with Gasteiger partial charge in [0.25, 0.3) is 0 Å². The molecule has 0 saturated heterocycles. The summed E-state index contributed by atoms with van der Waals surface area (Å²) in [6, 6.07) is 13.8. The van der Waals surface area contributed by atoms with Gasteiger partial charge in [0.1, 0.15) is 5.76 Å². The number of halogens is 1. The SMILES string of the molecule is CC1=C(O)C(Cc2cccc(CCNS(=O)(=O)c3ccc(Cl)cc3)c2)CC1=O. The van der Waals surface area contributed by atoms with Gasteiger partial charge in [-0.3, -0.25) is 4.79 Å². The molecule has 148 valence electrons. The Kier molecular flexibility index (Phi) is 6.23. The van der Waals surface area contributed by atoms with E-state index in [1.165, 1.54) is 12.1 Å². The van der Waals surface area contributed by atoms with Crippen LogP contribution in [-0.2, 0) is 27.7 Å². The number of aliphatic hydroxyl groups is 1. The van der Waals surface area contributed by atoms with Crippen molar-refractivity contribution in [2.45, 2.75) is 31.1 Å². The number of allylic oxidation sites excluding steroid dienone is 2. The summed E-state index contributed by atoms with van der Waals surface area (Å²) in [6.07, 6.45) is 1.45. The van der Waals surface area contributed by atoms with E-state index in [4.69, 9.17) is 11.6 Å². The molecule has 7 heteroatoms. The molecule has 0 aromatic heterocycles. The van der Waals surface area contributed by atoms with E-state index in [0.717, 1.165) is 11.1 Å². The number of aliphatic hydroxyl groups excluding tert-OH is 1. The van der Waals surface area contributed by atoms with E-state index in [1.807, 2.05) is 24.3 Å². The van der Waals surface area contributed by atoms with E-state index in [9.17, 15) is 18.3 Å². The van der Waals surface area contributed by atoms with Crippen LogP contribution in [0.15, 0.2) is 64.8 Å². The monoisotopic (exact) mass is 419 g/mol. The zero-order chi connectivity index (χ0) is 20.3. The molecular weight excluding hydrogens is 398 g/mol. The number of hydrogen-bond donors (Lipinski definition) is 2. The average molecular weight is 420 g/mol. The van der Waals surface area contributed by atoms with E-state index in [0.29, 0.717) is 29.9 Å².